The molecule has 0 amide bonds. The summed E-state index contributed by atoms with van der Waals surface area (Å²) in [6.45, 7) is 3.66. The summed E-state index contributed by atoms with van der Waals surface area (Å²) in [6, 6.07) is 1.75. The second kappa shape index (κ2) is 9.39. The molecule has 3 nitrogen and oxygen atoms in total. The molecule has 2 rings (SSSR count). The Morgan fingerprint density at radius 2 is 1.67 bits per heavy atom. The molecule has 0 N–H and O–H groups in total. The van der Waals surface area contributed by atoms with Gasteiger partial charge in [-0.3, -0.25) is 4.79 Å². The van der Waals surface area contributed by atoms with E-state index in [1.54, 1.807) is 13.0 Å². The van der Waals surface area contributed by atoms with E-state index in [-0.39, 0.29) is 19.9 Å². The van der Waals surface area contributed by atoms with Gasteiger partial charge in [-0.25, -0.2) is 9.97 Å². The third-order valence-corrected chi connectivity index (χ3v) is 4.42. The summed E-state index contributed by atoms with van der Waals surface area (Å²) in [5, 5.41) is 0. The Kier molecular flexibility index (Phi) is 9.10. The molecule has 2 heterocycles. The third kappa shape index (κ3) is 5.93. The van der Waals surface area contributed by atoms with E-state index < -0.39 is 5.95 Å². The average Bonchev–Trinajstić information content (AvgIpc) is 2.40. The lowest BCUT2D eigenvalue weighted by atomic mass is 10.2. The predicted molar refractivity (Wildman–Crippen MR) is 94.4 cm³/mol. The summed E-state index contributed by atoms with van der Waals surface area (Å²) in [7, 11) is 0. The van der Waals surface area contributed by atoms with E-state index in [2.05, 4.69) is 9.97 Å². The molecule has 2 aromatic rings. The molecule has 0 unspecified atom stereocenters. The first-order valence-corrected chi connectivity index (χ1v) is 7.56. The van der Waals surface area contributed by atoms with Crippen LogP contribution in [0.5, 0.6) is 0 Å². The molecule has 0 saturated heterocycles. The molecule has 0 aromatic carbocycles. The molecule has 109 valence electrons. The van der Waals surface area contributed by atoms with Gasteiger partial charge in [0.05, 0.1) is 9.13 Å². The normalized spacial score (nSPS) is 9.24. The van der Waals surface area contributed by atoms with E-state index in [0.717, 1.165) is 11.1 Å². The van der Waals surface area contributed by atoms with Crippen molar-refractivity contribution in [2.45, 2.75) is 13.8 Å². The fourth-order valence-corrected chi connectivity index (χ4v) is 2.32. The Morgan fingerprint density at radius 3 is 2.10 bits per heavy atom. The molecule has 21 heavy (non-hydrogen) atoms. The Morgan fingerprint density at radius 1 is 1.10 bits per heavy atom. The minimum absolute atomic E-state index is 0. The number of hydrogen-bond donors (Lipinski definition) is 0. The van der Waals surface area contributed by atoms with E-state index in [9.17, 15) is 13.6 Å². The number of nitrogens with zero attached hydrogens (tertiary/aromatic N) is 2. The maximum Gasteiger partial charge on any atom is 0.226 e. The molecule has 3 radical (unpaired) electrons. The van der Waals surface area contributed by atoms with Crippen molar-refractivity contribution in [1.82, 2.24) is 9.97 Å². The SMILES string of the molecule is Cc1cnc(F)c(C=O)c1I.Cc1cnc(F)c(I)c1.[B]. The minimum atomic E-state index is -0.699. The molecule has 0 spiro atoms. The average molecular weight is 513 g/mol. The van der Waals surface area contributed by atoms with Gasteiger partial charge < -0.3 is 0 Å². The number of halogens is 4. The van der Waals surface area contributed by atoms with Crippen molar-refractivity contribution in [2.24, 2.45) is 0 Å². The maximum absolute atomic E-state index is 12.7. The molecule has 0 aliphatic rings. The monoisotopic (exact) mass is 513 g/mol. The van der Waals surface area contributed by atoms with E-state index in [0.29, 0.717) is 13.4 Å². The summed E-state index contributed by atoms with van der Waals surface area (Å²) in [5.41, 5.74) is 1.85. The van der Waals surface area contributed by atoms with Gasteiger partial charge >= 0.3 is 0 Å². The van der Waals surface area contributed by atoms with Gasteiger partial charge in [0.15, 0.2) is 6.29 Å². The van der Waals surface area contributed by atoms with Crippen molar-refractivity contribution in [3.8, 4) is 0 Å². The van der Waals surface area contributed by atoms with Crippen LogP contribution in [-0.2, 0) is 0 Å². The molecule has 2 aromatic heterocycles. The molecule has 0 bridgehead atoms. The quantitative estimate of drug-likeness (QED) is 0.253. The largest absolute Gasteiger partial charge is 0.298 e. The Bertz CT molecular complexity index is 642. The van der Waals surface area contributed by atoms with Gasteiger partial charge in [-0.15, -0.1) is 0 Å². The number of carbonyl (C=O) groups is 1. The smallest absolute Gasteiger partial charge is 0.226 e. The number of hydrogen-bond acceptors (Lipinski definition) is 3. The zero-order chi connectivity index (χ0) is 15.3. The van der Waals surface area contributed by atoms with Crippen molar-refractivity contribution in [1.29, 1.82) is 0 Å². The van der Waals surface area contributed by atoms with Crippen LogP contribution in [0, 0.1) is 32.9 Å². The third-order valence-electron chi connectivity index (χ3n) is 2.23. The zero-order valence-corrected chi connectivity index (χ0v) is 15.5. The topological polar surface area (TPSA) is 42.9 Å². The Labute approximate surface area is 150 Å². The molecule has 0 fully saturated rings. The van der Waals surface area contributed by atoms with Crippen molar-refractivity contribution < 1.29 is 13.6 Å². The van der Waals surface area contributed by atoms with Crippen LogP contribution >= 0.6 is 45.2 Å². The highest BCUT2D eigenvalue weighted by molar-refractivity contribution is 14.1. The van der Waals surface area contributed by atoms with E-state index in [4.69, 9.17) is 0 Å². The van der Waals surface area contributed by atoms with E-state index in [1.165, 1.54) is 12.4 Å². The van der Waals surface area contributed by atoms with Gasteiger partial charge in [-0.2, -0.15) is 8.78 Å². The van der Waals surface area contributed by atoms with Gasteiger partial charge in [-0.05, 0) is 76.2 Å². The summed E-state index contributed by atoms with van der Waals surface area (Å²) in [6.07, 6.45) is 3.40. The number of aldehydes is 1. The lowest BCUT2D eigenvalue weighted by Gasteiger charge is -1.99. The Balaban J connectivity index is 0.000000370. The number of rotatable bonds is 1. The van der Waals surface area contributed by atoms with Gasteiger partial charge in [0.2, 0.25) is 11.9 Å². The highest BCUT2D eigenvalue weighted by Crippen LogP contribution is 2.15. The van der Waals surface area contributed by atoms with Crippen LogP contribution in [0.3, 0.4) is 0 Å². The van der Waals surface area contributed by atoms with E-state index >= 15 is 0 Å². The van der Waals surface area contributed by atoms with Crippen LogP contribution in [0.1, 0.15) is 21.5 Å². The van der Waals surface area contributed by atoms with Crippen LogP contribution in [0.25, 0.3) is 0 Å². The molecular weight excluding hydrogens is 503 g/mol. The number of pyridine rings is 2. The first-order chi connectivity index (χ1) is 9.36. The van der Waals surface area contributed by atoms with Crippen molar-refractivity contribution in [3.63, 3.8) is 0 Å². The van der Waals surface area contributed by atoms with Crippen LogP contribution in [-0.4, -0.2) is 24.7 Å². The standard InChI is InChI=1S/C7H5FINO.C6H5FIN.B/c1-4-2-10-7(8)5(3-11)6(4)9;1-4-2-5(8)6(7)9-3-4;/h2-3H,1H3;2-3H,1H3;. The number of aromatic nitrogens is 2. The molecule has 0 saturated carbocycles. The second-order valence-corrected chi connectivity index (χ2v) is 6.10. The van der Waals surface area contributed by atoms with Crippen LogP contribution in [0.4, 0.5) is 8.78 Å². The van der Waals surface area contributed by atoms with Crippen LogP contribution < -0.4 is 0 Å². The molecule has 0 aliphatic carbocycles. The van der Waals surface area contributed by atoms with Crippen LogP contribution in [0.15, 0.2) is 18.5 Å². The minimum Gasteiger partial charge on any atom is -0.298 e. The van der Waals surface area contributed by atoms with Gasteiger partial charge in [0, 0.05) is 24.4 Å². The van der Waals surface area contributed by atoms with Gasteiger partial charge in [0.25, 0.3) is 0 Å². The highest BCUT2D eigenvalue weighted by atomic mass is 127. The van der Waals surface area contributed by atoms with E-state index in [1.807, 2.05) is 52.1 Å². The summed E-state index contributed by atoms with van der Waals surface area (Å²) in [4.78, 5) is 17.2. The highest BCUT2D eigenvalue weighted by Gasteiger charge is 2.08. The van der Waals surface area contributed by atoms with Crippen molar-refractivity contribution >= 4 is 59.9 Å². The second-order valence-electron chi connectivity index (χ2n) is 3.86. The lowest BCUT2D eigenvalue weighted by Crippen LogP contribution is -1.97. The Hall–Kier alpha value is -0.645. The summed E-state index contributed by atoms with van der Waals surface area (Å²) < 4.78 is 26.3. The lowest BCUT2D eigenvalue weighted by molar-refractivity contribution is 0.111. The zero-order valence-electron chi connectivity index (χ0n) is 11.2. The number of carbonyl (C=O) groups excluding carboxylic acids is 1. The van der Waals surface area contributed by atoms with Crippen molar-refractivity contribution in [3.05, 3.63) is 54.2 Å². The van der Waals surface area contributed by atoms with Gasteiger partial charge in [-0.1, -0.05) is 0 Å². The number of aryl methyl sites for hydroxylation is 2. The molecule has 0 atom stereocenters. The maximum atomic E-state index is 12.7. The fourth-order valence-electron chi connectivity index (χ4n) is 1.20. The summed E-state index contributed by atoms with van der Waals surface area (Å²) >= 11 is 3.83. The summed E-state index contributed by atoms with van der Waals surface area (Å²) in [5.74, 6) is -1.09. The van der Waals surface area contributed by atoms with Gasteiger partial charge in [0.1, 0.15) is 0 Å². The first kappa shape index (κ1) is 20.4. The molecule has 0 aliphatic heterocycles. The predicted octanol–water partition coefficient (Wildman–Crippen LogP) is 3.70. The fraction of sp³-hybridized carbons (Fsp3) is 0.154. The first-order valence-electron chi connectivity index (χ1n) is 5.40. The van der Waals surface area contributed by atoms with Crippen molar-refractivity contribution in [2.75, 3.05) is 0 Å². The molecular formula is C13H10BF2I2N2O. The molecule has 8 heteroatoms. The van der Waals surface area contributed by atoms with Crippen LogP contribution in [0.2, 0.25) is 0 Å².